The number of benzene rings is 1. The number of hydrogen-bond acceptors (Lipinski definition) is 8. The number of aliphatic hydroxyl groups is 1. The summed E-state index contributed by atoms with van der Waals surface area (Å²) in [6.07, 6.45) is 1.78. The van der Waals surface area contributed by atoms with Crippen molar-refractivity contribution in [3.8, 4) is 0 Å². The molecule has 5 atom stereocenters. The highest BCUT2D eigenvalue weighted by molar-refractivity contribution is 7.86. The number of hydrogen-bond donors (Lipinski definition) is 1. The summed E-state index contributed by atoms with van der Waals surface area (Å²) in [5.41, 5.74) is 0.914. The molecule has 1 aromatic rings. The molecule has 1 N–H and O–H groups in total. The Morgan fingerprint density at radius 1 is 1.07 bits per heavy atom. The van der Waals surface area contributed by atoms with Crippen molar-refractivity contribution in [3.05, 3.63) is 42.0 Å². The third-order valence-corrected chi connectivity index (χ3v) is 6.79. The van der Waals surface area contributed by atoms with E-state index in [4.69, 9.17) is 13.7 Å². The molecule has 3 heterocycles. The lowest BCUT2D eigenvalue weighted by Crippen LogP contribution is -2.37. The number of amides is 2. The van der Waals surface area contributed by atoms with Crippen molar-refractivity contribution in [1.82, 2.24) is 4.90 Å². The van der Waals surface area contributed by atoms with Crippen LogP contribution in [0.25, 0.3) is 0 Å². The molecule has 30 heavy (non-hydrogen) atoms. The first-order valence-electron chi connectivity index (χ1n) is 9.69. The molecule has 3 aliphatic rings. The minimum atomic E-state index is -3.97. The molecule has 10 heteroatoms. The summed E-state index contributed by atoms with van der Waals surface area (Å²) in [4.78, 5) is 26.1. The van der Waals surface area contributed by atoms with Crippen LogP contribution < -0.4 is 0 Å². The van der Waals surface area contributed by atoms with Gasteiger partial charge in [-0.2, -0.15) is 8.42 Å². The summed E-state index contributed by atoms with van der Waals surface area (Å²) >= 11 is 0. The zero-order valence-electron chi connectivity index (χ0n) is 16.3. The highest BCUT2D eigenvalue weighted by Gasteiger charge is 2.60. The first-order chi connectivity index (χ1) is 14.3. The van der Waals surface area contributed by atoms with Crippen molar-refractivity contribution in [3.63, 3.8) is 0 Å². The Morgan fingerprint density at radius 2 is 1.67 bits per heavy atom. The maximum atomic E-state index is 12.5. The van der Waals surface area contributed by atoms with E-state index in [0.717, 1.165) is 5.56 Å². The minimum Gasteiger partial charge on any atom is -0.388 e. The summed E-state index contributed by atoms with van der Waals surface area (Å²) in [7, 11) is -3.97. The number of carbonyl (C=O) groups is 2. The molecule has 1 aromatic carbocycles. The van der Waals surface area contributed by atoms with Gasteiger partial charge < -0.3 is 14.6 Å². The number of ether oxygens (including phenoxy) is 2. The monoisotopic (exact) mass is 437 g/mol. The second-order valence-corrected chi connectivity index (χ2v) is 9.23. The lowest BCUT2D eigenvalue weighted by molar-refractivity contribution is -0.143. The normalized spacial score (nSPS) is 28.4. The van der Waals surface area contributed by atoms with E-state index in [-0.39, 0.29) is 48.7 Å². The zero-order valence-corrected chi connectivity index (χ0v) is 17.2. The molecule has 0 aromatic heterocycles. The van der Waals surface area contributed by atoms with E-state index in [2.05, 4.69) is 0 Å². The third-order valence-electron chi connectivity index (χ3n) is 5.50. The lowest BCUT2D eigenvalue weighted by Gasteiger charge is -2.18. The number of likely N-dealkylation sites (tertiary alicyclic amines) is 1. The minimum absolute atomic E-state index is 0.00487. The average molecular weight is 437 g/mol. The van der Waals surface area contributed by atoms with Crippen LogP contribution in [0.1, 0.15) is 5.56 Å². The van der Waals surface area contributed by atoms with Gasteiger partial charge in [-0.1, -0.05) is 29.8 Å². The molecule has 2 amide bonds. The fourth-order valence-electron chi connectivity index (χ4n) is 3.95. The highest BCUT2D eigenvalue weighted by atomic mass is 32.2. The Morgan fingerprint density at radius 3 is 2.27 bits per heavy atom. The fraction of sp³-hybridized carbons (Fsp3) is 0.500. The van der Waals surface area contributed by atoms with Crippen LogP contribution in [-0.2, 0) is 33.4 Å². The van der Waals surface area contributed by atoms with Gasteiger partial charge in [-0.05, 0) is 19.1 Å². The summed E-state index contributed by atoms with van der Waals surface area (Å²) < 4.78 is 40.0. The second-order valence-electron chi connectivity index (χ2n) is 7.61. The molecular weight excluding hydrogens is 414 g/mol. The third kappa shape index (κ3) is 3.93. The van der Waals surface area contributed by atoms with E-state index in [1.165, 1.54) is 17.0 Å². The van der Waals surface area contributed by atoms with Gasteiger partial charge in [0.15, 0.2) is 0 Å². The maximum Gasteiger partial charge on any atom is 0.297 e. The maximum absolute atomic E-state index is 12.5. The molecule has 2 bridgehead atoms. The Hall–Kier alpha value is -2.11. The van der Waals surface area contributed by atoms with E-state index in [9.17, 15) is 23.1 Å². The number of aryl methyl sites for hydroxylation is 1. The number of nitrogens with zero attached hydrogens (tertiary/aromatic N) is 1. The van der Waals surface area contributed by atoms with Gasteiger partial charge in [0.2, 0.25) is 11.8 Å². The molecule has 9 nitrogen and oxygen atoms in total. The fourth-order valence-corrected chi connectivity index (χ4v) is 4.89. The zero-order chi connectivity index (χ0) is 21.5. The van der Waals surface area contributed by atoms with E-state index in [0.29, 0.717) is 0 Å². The van der Waals surface area contributed by atoms with Gasteiger partial charge in [-0.15, -0.1) is 0 Å². The Balaban J connectivity index is 1.19. The summed E-state index contributed by atoms with van der Waals surface area (Å²) in [6, 6.07) is 6.16. The Bertz CT molecular complexity index is 928. The van der Waals surface area contributed by atoms with Crippen LogP contribution in [0.4, 0.5) is 0 Å². The van der Waals surface area contributed by atoms with Crippen LogP contribution in [0.5, 0.6) is 0 Å². The topological polar surface area (TPSA) is 119 Å². The van der Waals surface area contributed by atoms with Crippen molar-refractivity contribution in [1.29, 1.82) is 0 Å². The van der Waals surface area contributed by atoms with E-state index < -0.39 is 34.7 Å². The van der Waals surface area contributed by atoms with Crippen molar-refractivity contribution in [2.24, 2.45) is 11.8 Å². The molecule has 2 saturated heterocycles. The second kappa shape index (κ2) is 8.20. The predicted octanol–water partition coefficient (Wildman–Crippen LogP) is 0.0162. The van der Waals surface area contributed by atoms with Crippen molar-refractivity contribution >= 4 is 21.9 Å². The van der Waals surface area contributed by atoms with E-state index >= 15 is 0 Å². The molecule has 2 fully saturated rings. The largest absolute Gasteiger partial charge is 0.388 e. The molecule has 3 aliphatic heterocycles. The van der Waals surface area contributed by atoms with Gasteiger partial charge in [0.1, 0.15) is 6.10 Å². The first kappa shape index (κ1) is 21.1. The smallest absolute Gasteiger partial charge is 0.297 e. The summed E-state index contributed by atoms with van der Waals surface area (Å²) in [6.45, 7) is 1.28. The molecule has 0 unspecified atom stereocenters. The van der Waals surface area contributed by atoms with Crippen LogP contribution >= 0.6 is 0 Å². The standard InChI is InChI=1S/C20H23NO8S/c1-12-2-4-14(5-3-12)30(25,26)28-11-13(22)10-27-9-8-21-19(23)17-15-6-7-16(29-15)18(17)20(21)24/h2-7,13,15-18,22H,8-11H2,1H3/t13-,15-,16+,17-,18+/m0/s1. The Labute approximate surface area is 174 Å². The molecule has 0 spiro atoms. The number of rotatable bonds is 9. The predicted molar refractivity (Wildman–Crippen MR) is 103 cm³/mol. The molecular formula is C20H23NO8S. The lowest BCUT2D eigenvalue weighted by atomic mass is 9.85. The van der Waals surface area contributed by atoms with Crippen molar-refractivity contribution in [2.75, 3.05) is 26.4 Å². The average Bonchev–Trinajstić information content (AvgIpc) is 3.39. The molecule has 162 valence electrons. The SMILES string of the molecule is Cc1ccc(S(=O)(=O)OC[C@@H](O)COCCN2C(=O)[C@@H]3[C@H](C2=O)[C@H]2C=C[C@@H]3O2)cc1. The quantitative estimate of drug-likeness (QED) is 0.248. The highest BCUT2D eigenvalue weighted by Crippen LogP contribution is 2.44. The van der Waals surface area contributed by atoms with Crippen molar-refractivity contribution < 1.29 is 36.8 Å². The van der Waals surface area contributed by atoms with Crippen LogP contribution in [0.3, 0.4) is 0 Å². The molecule has 0 radical (unpaired) electrons. The molecule has 4 rings (SSSR count). The number of carbonyl (C=O) groups excluding carboxylic acids is 2. The molecule has 0 saturated carbocycles. The van der Waals surface area contributed by atoms with Crippen LogP contribution in [0, 0.1) is 18.8 Å². The Kier molecular flexibility index (Phi) is 5.78. The number of fused-ring (bicyclic) bond motifs is 5. The van der Waals surface area contributed by atoms with Crippen LogP contribution in [0.15, 0.2) is 41.3 Å². The summed E-state index contributed by atoms with van der Waals surface area (Å²) in [5.74, 6) is -1.45. The van der Waals surface area contributed by atoms with Crippen LogP contribution in [-0.4, -0.2) is 74.9 Å². The number of imide groups is 1. The van der Waals surface area contributed by atoms with Gasteiger partial charge >= 0.3 is 0 Å². The van der Waals surface area contributed by atoms with Gasteiger partial charge in [0, 0.05) is 0 Å². The summed E-state index contributed by atoms with van der Waals surface area (Å²) in [5, 5.41) is 9.92. The van der Waals surface area contributed by atoms with Gasteiger partial charge in [-0.3, -0.25) is 18.7 Å². The van der Waals surface area contributed by atoms with Gasteiger partial charge in [0.05, 0.1) is 55.3 Å². The van der Waals surface area contributed by atoms with Crippen LogP contribution in [0.2, 0.25) is 0 Å². The molecule has 0 aliphatic carbocycles. The number of aliphatic hydroxyl groups excluding tert-OH is 1. The van der Waals surface area contributed by atoms with Crippen molar-refractivity contribution in [2.45, 2.75) is 30.1 Å². The first-order valence-corrected chi connectivity index (χ1v) is 11.1. The van der Waals surface area contributed by atoms with E-state index in [1.807, 2.05) is 19.1 Å². The van der Waals surface area contributed by atoms with Gasteiger partial charge in [-0.25, -0.2) is 0 Å². The van der Waals surface area contributed by atoms with E-state index in [1.54, 1.807) is 12.1 Å². The van der Waals surface area contributed by atoms with Gasteiger partial charge in [0.25, 0.3) is 10.1 Å².